The Bertz CT molecular complexity index is 476. The van der Waals surface area contributed by atoms with Gasteiger partial charge in [0.2, 0.25) is 0 Å². The molecular formula is C14H18FNO3. The second-order valence-electron chi connectivity index (χ2n) is 4.14. The minimum Gasteiger partial charge on any atom is -0.494 e. The van der Waals surface area contributed by atoms with E-state index in [0.717, 1.165) is 0 Å². The first kappa shape index (κ1) is 15.2. The van der Waals surface area contributed by atoms with Crippen molar-refractivity contribution in [3.63, 3.8) is 0 Å². The molecule has 0 aliphatic rings. The molecule has 0 fully saturated rings. The number of carbonyl (C=O) groups is 1. The predicted octanol–water partition coefficient (Wildman–Crippen LogP) is 2.00. The highest BCUT2D eigenvalue weighted by Crippen LogP contribution is 2.27. The van der Waals surface area contributed by atoms with Crippen LogP contribution in [-0.4, -0.2) is 26.7 Å². The summed E-state index contributed by atoms with van der Waals surface area (Å²) in [5, 5.41) is 2.98. The van der Waals surface area contributed by atoms with Gasteiger partial charge < -0.3 is 9.47 Å². The van der Waals surface area contributed by atoms with E-state index >= 15 is 0 Å². The minimum absolute atomic E-state index is 0.125. The Morgan fingerprint density at radius 2 is 2.21 bits per heavy atom. The molecule has 0 bridgehead atoms. The van der Waals surface area contributed by atoms with Crippen LogP contribution in [0.1, 0.15) is 12.5 Å². The number of esters is 1. The van der Waals surface area contributed by atoms with Gasteiger partial charge in [-0.3, -0.25) is 5.32 Å². The van der Waals surface area contributed by atoms with Gasteiger partial charge >= 0.3 is 5.97 Å². The maximum atomic E-state index is 13.7. The van der Waals surface area contributed by atoms with E-state index in [4.69, 9.17) is 9.47 Å². The zero-order valence-electron chi connectivity index (χ0n) is 11.3. The topological polar surface area (TPSA) is 47.6 Å². The van der Waals surface area contributed by atoms with Crippen LogP contribution in [0.2, 0.25) is 0 Å². The summed E-state index contributed by atoms with van der Waals surface area (Å²) in [6, 6.07) is 4.35. The lowest BCUT2D eigenvalue weighted by Crippen LogP contribution is -2.47. The number of hydrogen-bond acceptors (Lipinski definition) is 4. The van der Waals surface area contributed by atoms with Crippen LogP contribution < -0.4 is 10.1 Å². The van der Waals surface area contributed by atoms with Crippen molar-refractivity contribution >= 4 is 5.97 Å². The third-order valence-electron chi connectivity index (χ3n) is 2.92. The van der Waals surface area contributed by atoms with Crippen molar-refractivity contribution in [3.8, 4) is 5.75 Å². The number of hydrogen-bond donors (Lipinski definition) is 1. The van der Waals surface area contributed by atoms with Crippen LogP contribution in [0, 0.1) is 5.82 Å². The molecule has 4 nitrogen and oxygen atoms in total. The van der Waals surface area contributed by atoms with Gasteiger partial charge in [-0.1, -0.05) is 12.1 Å². The maximum absolute atomic E-state index is 13.7. The Balaban J connectivity index is 3.20. The van der Waals surface area contributed by atoms with Crippen molar-refractivity contribution in [1.29, 1.82) is 0 Å². The molecule has 0 radical (unpaired) electrons. The van der Waals surface area contributed by atoms with Crippen LogP contribution in [0.4, 0.5) is 4.39 Å². The van der Waals surface area contributed by atoms with Gasteiger partial charge in [0.25, 0.3) is 0 Å². The second-order valence-corrected chi connectivity index (χ2v) is 4.14. The van der Waals surface area contributed by atoms with Crippen molar-refractivity contribution in [2.45, 2.75) is 12.5 Å². The number of methoxy groups -OCH3 is 2. The molecular weight excluding hydrogens is 249 g/mol. The summed E-state index contributed by atoms with van der Waals surface area (Å²) in [7, 11) is 2.67. The monoisotopic (exact) mass is 267 g/mol. The summed E-state index contributed by atoms with van der Waals surface area (Å²) in [5.74, 6) is -0.908. The number of nitrogens with one attached hydrogen (secondary N) is 1. The molecule has 5 heteroatoms. The highest BCUT2D eigenvalue weighted by molar-refractivity contribution is 5.82. The van der Waals surface area contributed by atoms with Crippen molar-refractivity contribution in [3.05, 3.63) is 42.2 Å². The molecule has 1 unspecified atom stereocenters. The second kappa shape index (κ2) is 6.33. The van der Waals surface area contributed by atoms with E-state index in [-0.39, 0.29) is 5.75 Å². The number of benzene rings is 1. The lowest BCUT2D eigenvalue weighted by atomic mass is 9.91. The smallest absolute Gasteiger partial charge is 0.330 e. The van der Waals surface area contributed by atoms with E-state index in [1.54, 1.807) is 19.1 Å². The van der Waals surface area contributed by atoms with E-state index in [9.17, 15) is 9.18 Å². The third kappa shape index (κ3) is 3.12. The molecule has 1 aromatic carbocycles. The Kier molecular flexibility index (Phi) is 5.06. The molecule has 0 aromatic heterocycles. The highest BCUT2D eigenvalue weighted by atomic mass is 19.1. The lowest BCUT2D eigenvalue weighted by molar-refractivity contribution is -0.148. The van der Waals surface area contributed by atoms with Crippen molar-refractivity contribution in [2.75, 3.05) is 20.8 Å². The zero-order valence-corrected chi connectivity index (χ0v) is 11.3. The van der Waals surface area contributed by atoms with Crippen LogP contribution >= 0.6 is 0 Å². The first-order valence-corrected chi connectivity index (χ1v) is 5.78. The first-order valence-electron chi connectivity index (χ1n) is 5.78. The normalized spacial score (nSPS) is 13.5. The van der Waals surface area contributed by atoms with Crippen LogP contribution in [0.25, 0.3) is 0 Å². The van der Waals surface area contributed by atoms with Crippen LogP contribution in [0.5, 0.6) is 5.75 Å². The van der Waals surface area contributed by atoms with Crippen LogP contribution in [0.15, 0.2) is 30.9 Å². The molecule has 1 aromatic rings. The molecule has 0 aliphatic carbocycles. The standard InChI is InChI=1S/C14H18FNO3/c1-5-8-16-14(2,13(17)19-4)10-6-7-12(18-3)11(15)9-10/h5-7,9,16H,1,8H2,2-4H3. The van der Waals surface area contributed by atoms with Gasteiger partial charge in [-0.25, -0.2) is 9.18 Å². The molecule has 19 heavy (non-hydrogen) atoms. The van der Waals surface area contributed by atoms with Crippen LogP contribution in [-0.2, 0) is 15.1 Å². The molecule has 0 heterocycles. The fraction of sp³-hybridized carbons (Fsp3) is 0.357. The van der Waals surface area contributed by atoms with Gasteiger partial charge in [0.1, 0.15) is 5.54 Å². The first-order chi connectivity index (χ1) is 8.99. The van der Waals surface area contributed by atoms with Gasteiger partial charge in [0.05, 0.1) is 14.2 Å². The number of ether oxygens (including phenoxy) is 2. The summed E-state index contributed by atoms with van der Waals surface area (Å²) in [5.41, 5.74) is -0.685. The fourth-order valence-corrected chi connectivity index (χ4v) is 1.75. The Labute approximate surface area is 112 Å². The van der Waals surface area contributed by atoms with Gasteiger partial charge in [0, 0.05) is 6.54 Å². The molecule has 0 aliphatic heterocycles. The van der Waals surface area contributed by atoms with Gasteiger partial charge in [0.15, 0.2) is 11.6 Å². The molecule has 0 amide bonds. The zero-order chi connectivity index (χ0) is 14.5. The molecule has 0 saturated carbocycles. The number of rotatable bonds is 6. The highest BCUT2D eigenvalue weighted by Gasteiger charge is 2.36. The summed E-state index contributed by atoms with van der Waals surface area (Å²) in [4.78, 5) is 11.9. The van der Waals surface area contributed by atoms with Gasteiger partial charge in [-0.15, -0.1) is 6.58 Å². The molecule has 1 N–H and O–H groups in total. The Hall–Kier alpha value is -1.88. The summed E-state index contributed by atoms with van der Waals surface area (Å²) in [6.07, 6.45) is 1.61. The largest absolute Gasteiger partial charge is 0.494 e. The van der Waals surface area contributed by atoms with E-state index < -0.39 is 17.3 Å². The van der Waals surface area contributed by atoms with E-state index in [2.05, 4.69) is 11.9 Å². The maximum Gasteiger partial charge on any atom is 0.330 e. The van der Waals surface area contributed by atoms with Crippen molar-refractivity contribution in [1.82, 2.24) is 5.32 Å². The Morgan fingerprint density at radius 3 is 2.68 bits per heavy atom. The average Bonchev–Trinajstić information content (AvgIpc) is 2.43. The molecule has 104 valence electrons. The van der Waals surface area contributed by atoms with Gasteiger partial charge in [-0.05, 0) is 24.6 Å². The lowest BCUT2D eigenvalue weighted by Gasteiger charge is -2.28. The SMILES string of the molecule is C=CCNC(C)(C(=O)OC)c1ccc(OC)c(F)c1. The fourth-order valence-electron chi connectivity index (χ4n) is 1.75. The third-order valence-corrected chi connectivity index (χ3v) is 2.92. The van der Waals surface area contributed by atoms with Gasteiger partial charge in [-0.2, -0.15) is 0 Å². The number of carbonyl (C=O) groups excluding carboxylic acids is 1. The van der Waals surface area contributed by atoms with E-state index in [1.165, 1.54) is 26.4 Å². The summed E-state index contributed by atoms with van der Waals surface area (Å²) in [6.45, 7) is 5.60. The Morgan fingerprint density at radius 1 is 1.53 bits per heavy atom. The van der Waals surface area contributed by atoms with Crippen molar-refractivity contribution in [2.24, 2.45) is 0 Å². The summed E-state index contributed by atoms with van der Waals surface area (Å²) >= 11 is 0. The van der Waals surface area contributed by atoms with Crippen molar-refractivity contribution < 1.29 is 18.7 Å². The molecule has 0 spiro atoms. The number of halogens is 1. The molecule has 1 atom stereocenters. The summed E-state index contributed by atoms with van der Waals surface area (Å²) < 4.78 is 23.4. The quantitative estimate of drug-likeness (QED) is 0.632. The average molecular weight is 267 g/mol. The minimum atomic E-state index is -1.14. The molecule has 1 rings (SSSR count). The van der Waals surface area contributed by atoms with E-state index in [1.807, 2.05) is 0 Å². The van der Waals surface area contributed by atoms with Crippen LogP contribution in [0.3, 0.4) is 0 Å². The van der Waals surface area contributed by atoms with E-state index in [0.29, 0.717) is 12.1 Å². The molecule has 0 saturated heterocycles. The predicted molar refractivity (Wildman–Crippen MR) is 70.5 cm³/mol.